The van der Waals surface area contributed by atoms with Crippen molar-refractivity contribution in [2.75, 3.05) is 0 Å². The van der Waals surface area contributed by atoms with Gasteiger partial charge >= 0.3 is 12.1 Å². The Morgan fingerprint density at radius 2 is 1.88 bits per heavy atom. The predicted octanol–water partition coefficient (Wildman–Crippen LogP) is 1.53. The number of aliphatic hydroxyl groups excluding tert-OH is 1. The third kappa shape index (κ3) is 2.43. The van der Waals surface area contributed by atoms with Gasteiger partial charge in [0.1, 0.15) is 5.75 Å². The lowest BCUT2D eigenvalue weighted by Gasteiger charge is -2.14. The highest BCUT2D eigenvalue weighted by molar-refractivity contribution is 5.75. The van der Waals surface area contributed by atoms with E-state index in [1.165, 1.54) is 0 Å². The molecule has 0 spiro atoms. The van der Waals surface area contributed by atoms with Crippen molar-refractivity contribution in [3.05, 3.63) is 29.3 Å². The molecular formula is C9H7F3O4. The summed E-state index contributed by atoms with van der Waals surface area (Å²) in [5, 5.41) is 26.4. The molecule has 0 aliphatic carbocycles. The molecule has 0 fully saturated rings. The van der Waals surface area contributed by atoms with Gasteiger partial charge in [-0.05, 0) is 18.2 Å². The van der Waals surface area contributed by atoms with Crippen LogP contribution in [0.3, 0.4) is 0 Å². The number of phenolic OH excluding ortho intramolecular Hbond substituents is 1. The summed E-state index contributed by atoms with van der Waals surface area (Å²) in [5.41, 5.74) is -2.18. The number of aromatic hydroxyl groups is 1. The van der Waals surface area contributed by atoms with E-state index in [0.717, 1.165) is 6.07 Å². The van der Waals surface area contributed by atoms with Crippen LogP contribution in [0.4, 0.5) is 13.2 Å². The quantitative estimate of drug-likeness (QED) is 0.727. The van der Waals surface area contributed by atoms with Crippen LogP contribution in [0.15, 0.2) is 18.2 Å². The highest BCUT2D eigenvalue weighted by Gasteiger charge is 2.36. The number of phenols is 1. The van der Waals surface area contributed by atoms with Gasteiger partial charge in [0.05, 0.1) is 5.56 Å². The molecule has 1 rings (SSSR count). The molecule has 16 heavy (non-hydrogen) atoms. The van der Waals surface area contributed by atoms with E-state index in [0.29, 0.717) is 12.1 Å². The zero-order valence-electron chi connectivity index (χ0n) is 7.69. The Morgan fingerprint density at radius 1 is 1.31 bits per heavy atom. The molecule has 1 aromatic rings. The number of carboxylic acid groups (broad SMARTS) is 1. The second-order valence-corrected chi connectivity index (χ2v) is 3.01. The molecule has 88 valence electrons. The summed E-state index contributed by atoms with van der Waals surface area (Å²) >= 11 is 0. The predicted molar refractivity (Wildman–Crippen MR) is 45.7 cm³/mol. The van der Waals surface area contributed by atoms with Crippen LogP contribution in [-0.2, 0) is 11.0 Å². The second kappa shape index (κ2) is 4.01. The summed E-state index contributed by atoms with van der Waals surface area (Å²) in [6.07, 6.45) is -7.12. The van der Waals surface area contributed by atoms with Gasteiger partial charge < -0.3 is 15.3 Å². The van der Waals surface area contributed by atoms with Crippen LogP contribution < -0.4 is 0 Å². The van der Waals surface area contributed by atoms with Crippen molar-refractivity contribution in [3.8, 4) is 5.75 Å². The number of carboxylic acids is 1. The van der Waals surface area contributed by atoms with E-state index >= 15 is 0 Å². The second-order valence-electron chi connectivity index (χ2n) is 3.01. The molecule has 7 heteroatoms. The van der Waals surface area contributed by atoms with Gasteiger partial charge in [-0.3, -0.25) is 0 Å². The Balaban J connectivity index is 3.35. The Hall–Kier alpha value is -1.76. The Morgan fingerprint density at radius 3 is 2.31 bits per heavy atom. The standard InChI is InChI=1S/C9H7F3O4/c10-9(11,12)6-2-1-4(13)3-5(6)7(14)8(15)16/h1-3,7,13-14H,(H,15,16). The Labute approximate surface area is 87.6 Å². The molecule has 1 unspecified atom stereocenters. The fourth-order valence-electron chi connectivity index (χ4n) is 1.17. The molecule has 0 saturated heterocycles. The van der Waals surface area contributed by atoms with Crippen LogP contribution >= 0.6 is 0 Å². The number of hydrogen-bond donors (Lipinski definition) is 3. The lowest BCUT2D eigenvalue weighted by atomic mass is 10.0. The van der Waals surface area contributed by atoms with Gasteiger partial charge in [0.15, 0.2) is 6.10 Å². The van der Waals surface area contributed by atoms with E-state index in [-0.39, 0.29) is 0 Å². The average Bonchev–Trinajstić information content (AvgIpc) is 2.14. The van der Waals surface area contributed by atoms with Crippen molar-refractivity contribution < 1.29 is 33.3 Å². The summed E-state index contributed by atoms with van der Waals surface area (Å²) in [7, 11) is 0. The van der Waals surface area contributed by atoms with Gasteiger partial charge in [0.25, 0.3) is 0 Å². The molecule has 0 aliphatic rings. The van der Waals surface area contributed by atoms with Crippen LogP contribution in [0.1, 0.15) is 17.2 Å². The lowest BCUT2D eigenvalue weighted by Crippen LogP contribution is -2.17. The molecule has 0 saturated carbocycles. The molecule has 0 aliphatic heterocycles. The van der Waals surface area contributed by atoms with E-state index in [4.69, 9.17) is 15.3 Å². The largest absolute Gasteiger partial charge is 0.508 e. The summed E-state index contributed by atoms with van der Waals surface area (Å²) < 4.78 is 37.3. The summed E-state index contributed by atoms with van der Waals surface area (Å²) in [6, 6.07) is 1.85. The fraction of sp³-hybridized carbons (Fsp3) is 0.222. The smallest absolute Gasteiger partial charge is 0.416 e. The first-order valence-corrected chi connectivity index (χ1v) is 4.04. The van der Waals surface area contributed by atoms with Crippen LogP contribution in [0.25, 0.3) is 0 Å². The first-order valence-electron chi connectivity index (χ1n) is 4.04. The zero-order valence-corrected chi connectivity index (χ0v) is 7.69. The Kier molecular flexibility index (Phi) is 3.09. The zero-order chi connectivity index (χ0) is 12.5. The SMILES string of the molecule is O=C(O)C(O)c1cc(O)ccc1C(F)(F)F. The van der Waals surface area contributed by atoms with Gasteiger partial charge in [0.2, 0.25) is 0 Å². The number of alkyl halides is 3. The van der Waals surface area contributed by atoms with Gasteiger partial charge in [-0.15, -0.1) is 0 Å². The van der Waals surface area contributed by atoms with Gasteiger partial charge in [-0.2, -0.15) is 13.2 Å². The monoisotopic (exact) mass is 236 g/mol. The van der Waals surface area contributed by atoms with E-state index < -0.39 is 35.1 Å². The highest BCUT2D eigenvalue weighted by atomic mass is 19.4. The van der Waals surface area contributed by atoms with Crippen LogP contribution in [0.2, 0.25) is 0 Å². The number of aliphatic hydroxyl groups is 1. The molecule has 0 heterocycles. The van der Waals surface area contributed by atoms with Gasteiger partial charge in [-0.1, -0.05) is 0 Å². The molecule has 0 aromatic heterocycles. The van der Waals surface area contributed by atoms with Crippen LogP contribution in [0.5, 0.6) is 5.75 Å². The average molecular weight is 236 g/mol. The fourth-order valence-corrected chi connectivity index (χ4v) is 1.17. The number of rotatable bonds is 2. The topological polar surface area (TPSA) is 77.8 Å². The normalized spacial score (nSPS) is 13.5. The van der Waals surface area contributed by atoms with Crippen molar-refractivity contribution in [2.45, 2.75) is 12.3 Å². The number of benzene rings is 1. The Bertz CT molecular complexity index is 414. The minimum absolute atomic E-state index is 0.511. The molecule has 0 amide bonds. The third-order valence-electron chi connectivity index (χ3n) is 1.87. The number of hydrogen-bond acceptors (Lipinski definition) is 3. The maximum atomic E-state index is 12.4. The van der Waals surface area contributed by atoms with E-state index in [2.05, 4.69) is 0 Å². The summed E-state index contributed by atoms with van der Waals surface area (Å²) in [5.74, 6) is -2.38. The summed E-state index contributed by atoms with van der Waals surface area (Å²) in [6.45, 7) is 0. The molecule has 1 atom stereocenters. The molecule has 0 radical (unpaired) electrons. The lowest BCUT2D eigenvalue weighted by molar-refractivity contribution is -0.149. The maximum Gasteiger partial charge on any atom is 0.416 e. The van der Waals surface area contributed by atoms with Crippen molar-refractivity contribution in [1.82, 2.24) is 0 Å². The van der Waals surface area contributed by atoms with Crippen molar-refractivity contribution >= 4 is 5.97 Å². The van der Waals surface area contributed by atoms with Crippen molar-refractivity contribution in [2.24, 2.45) is 0 Å². The number of carbonyl (C=O) groups is 1. The van der Waals surface area contributed by atoms with E-state index in [1.807, 2.05) is 0 Å². The molecule has 4 nitrogen and oxygen atoms in total. The first-order chi connectivity index (χ1) is 7.23. The van der Waals surface area contributed by atoms with E-state index in [1.54, 1.807) is 0 Å². The van der Waals surface area contributed by atoms with Gasteiger partial charge in [-0.25, -0.2) is 4.79 Å². The first kappa shape index (κ1) is 12.3. The minimum atomic E-state index is -4.79. The minimum Gasteiger partial charge on any atom is -0.508 e. The molecule has 0 bridgehead atoms. The van der Waals surface area contributed by atoms with Crippen molar-refractivity contribution in [3.63, 3.8) is 0 Å². The van der Waals surface area contributed by atoms with E-state index in [9.17, 15) is 18.0 Å². The molecular weight excluding hydrogens is 229 g/mol. The summed E-state index contributed by atoms with van der Waals surface area (Å²) in [4.78, 5) is 10.4. The van der Waals surface area contributed by atoms with Crippen molar-refractivity contribution in [1.29, 1.82) is 0 Å². The number of aliphatic carboxylic acids is 1. The highest BCUT2D eigenvalue weighted by Crippen LogP contribution is 2.36. The maximum absolute atomic E-state index is 12.4. The number of halogens is 3. The van der Waals surface area contributed by atoms with Gasteiger partial charge in [0, 0.05) is 5.56 Å². The van der Waals surface area contributed by atoms with Crippen LogP contribution in [-0.4, -0.2) is 21.3 Å². The van der Waals surface area contributed by atoms with Crippen LogP contribution in [0, 0.1) is 0 Å². The molecule has 3 N–H and O–H groups in total. The third-order valence-corrected chi connectivity index (χ3v) is 1.87. The molecule has 1 aromatic carbocycles.